The van der Waals surface area contributed by atoms with Crippen molar-refractivity contribution in [1.82, 2.24) is 0 Å². The Kier molecular flexibility index (Phi) is 3.30. The number of hydrogen-bond donors (Lipinski definition) is 1. The SMILES string of the molecule is OC(c1sccc1Br)C1CSc2ccccc21. The minimum atomic E-state index is -0.402. The largest absolute Gasteiger partial charge is 0.387 e. The second kappa shape index (κ2) is 4.76. The lowest BCUT2D eigenvalue weighted by Crippen LogP contribution is -2.09. The van der Waals surface area contributed by atoms with Gasteiger partial charge in [-0.25, -0.2) is 0 Å². The van der Waals surface area contributed by atoms with Crippen LogP contribution in [0.1, 0.15) is 22.5 Å². The molecule has 0 saturated carbocycles. The number of rotatable bonds is 2. The monoisotopic (exact) mass is 326 g/mol. The fourth-order valence-electron chi connectivity index (χ4n) is 2.15. The van der Waals surface area contributed by atoms with Gasteiger partial charge in [0.15, 0.2) is 0 Å². The number of aliphatic hydroxyl groups excluding tert-OH is 1. The number of thiophene rings is 1. The van der Waals surface area contributed by atoms with Crippen LogP contribution in [-0.2, 0) is 0 Å². The molecule has 0 radical (unpaired) electrons. The van der Waals surface area contributed by atoms with Crippen molar-refractivity contribution in [2.45, 2.75) is 16.9 Å². The van der Waals surface area contributed by atoms with E-state index >= 15 is 0 Å². The molecule has 0 aliphatic carbocycles. The Morgan fingerprint density at radius 3 is 2.88 bits per heavy atom. The number of hydrogen-bond acceptors (Lipinski definition) is 3. The van der Waals surface area contributed by atoms with E-state index in [0.29, 0.717) is 0 Å². The molecule has 0 fully saturated rings. The molecule has 2 unspecified atom stereocenters. The van der Waals surface area contributed by atoms with Crippen molar-refractivity contribution >= 4 is 39.0 Å². The Labute approximate surface area is 117 Å². The summed E-state index contributed by atoms with van der Waals surface area (Å²) in [6, 6.07) is 10.4. The summed E-state index contributed by atoms with van der Waals surface area (Å²) in [5.74, 6) is 1.18. The molecule has 0 saturated heterocycles. The van der Waals surface area contributed by atoms with Crippen LogP contribution in [0.15, 0.2) is 45.1 Å². The average Bonchev–Trinajstić information content (AvgIpc) is 2.94. The van der Waals surface area contributed by atoms with Gasteiger partial charge in [0.25, 0.3) is 0 Å². The zero-order valence-corrected chi connectivity index (χ0v) is 12.2. The van der Waals surface area contributed by atoms with Crippen LogP contribution in [0.25, 0.3) is 0 Å². The Balaban J connectivity index is 1.95. The lowest BCUT2D eigenvalue weighted by atomic mass is 9.94. The van der Waals surface area contributed by atoms with Gasteiger partial charge in [-0.05, 0) is 39.0 Å². The van der Waals surface area contributed by atoms with Gasteiger partial charge in [0, 0.05) is 25.9 Å². The highest BCUT2D eigenvalue weighted by atomic mass is 79.9. The van der Waals surface area contributed by atoms with Crippen molar-refractivity contribution in [2.75, 3.05) is 5.75 Å². The zero-order chi connectivity index (χ0) is 11.8. The fraction of sp³-hybridized carbons (Fsp3) is 0.231. The Morgan fingerprint density at radius 2 is 2.12 bits per heavy atom. The zero-order valence-electron chi connectivity index (χ0n) is 8.97. The molecule has 1 aliphatic rings. The van der Waals surface area contributed by atoms with Gasteiger partial charge in [-0.1, -0.05) is 18.2 Å². The normalized spacial score (nSPS) is 20.2. The summed E-state index contributed by atoms with van der Waals surface area (Å²) in [4.78, 5) is 2.34. The maximum Gasteiger partial charge on any atom is 0.0970 e. The molecule has 4 heteroatoms. The van der Waals surface area contributed by atoms with E-state index < -0.39 is 6.10 Å². The Hall–Kier alpha value is -0.290. The maximum absolute atomic E-state index is 10.5. The van der Waals surface area contributed by atoms with Crippen LogP contribution in [0.5, 0.6) is 0 Å². The molecular formula is C13H11BrOS2. The van der Waals surface area contributed by atoms with Crippen LogP contribution in [-0.4, -0.2) is 10.9 Å². The average molecular weight is 327 g/mol. The molecule has 1 nitrogen and oxygen atoms in total. The van der Waals surface area contributed by atoms with Crippen molar-refractivity contribution in [3.63, 3.8) is 0 Å². The van der Waals surface area contributed by atoms with Crippen molar-refractivity contribution in [1.29, 1.82) is 0 Å². The molecule has 1 aromatic heterocycles. The van der Waals surface area contributed by atoms with Crippen LogP contribution in [0.4, 0.5) is 0 Å². The number of fused-ring (bicyclic) bond motifs is 1. The molecule has 17 heavy (non-hydrogen) atoms. The van der Waals surface area contributed by atoms with Crippen LogP contribution < -0.4 is 0 Å². The third-order valence-electron chi connectivity index (χ3n) is 3.03. The van der Waals surface area contributed by atoms with E-state index in [2.05, 4.69) is 34.1 Å². The summed E-state index contributed by atoms with van der Waals surface area (Å²) < 4.78 is 1.02. The Bertz CT molecular complexity index is 538. The number of halogens is 1. The lowest BCUT2D eigenvalue weighted by molar-refractivity contribution is 0.157. The molecule has 88 valence electrons. The first-order valence-electron chi connectivity index (χ1n) is 5.40. The second-order valence-corrected chi connectivity index (χ2v) is 6.90. The minimum Gasteiger partial charge on any atom is -0.387 e. The third kappa shape index (κ3) is 2.08. The summed E-state index contributed by atoms with van der Waals surface area (Å²) in [6.45, 7) is 0. The van der Waals surface area contributed by atoms with Gasteiger partial charge in [-0.2, -0.15) is 0 Å². The van der Waals surface area contributed by atoms with E-state index in [0.717, 1.165) is 15.1 Å². The van der Waals surface area contributed by atoms with Crippen molar-refractivity contribution in [3.8, 4) is 0 Å². The van der Waals surface area contributed by atoms with Gasteiger partial charge in [0.05, 0.1) is 6.10 Å². The second-order valence-electron chi connectivity index (χ2n) is 4.03. The summed E-state index contributed by atoms with van der Waals surface area (Å²) in [5.41, 5.74) is 1.28. The molecule has 0 spiro atoms. The summed E-state index contributed by atoms with van der Waals surface area (Å²) in [6.07, 6.45) is -0.402. The van der Waals surface area contributed by atoms with E-state index in [4.69, 9.17) is 0 Å². The van der Waals surface area contributed by atoms with Gasteiger partial charge in [0.2, 0.25) is 0 Å². The smallest absolute Gasteiger partial charge is 0.0970 e. The van der Waals surface area contributed by atoms with Gasteiger partial charge in [0.1, 0.15) is 0 Å². The van der Waals surface area contributed by atoms with E-state index in [9.17, 15) is 5.11 Å². The molecule has 2 aromatic rings. The molecule has 3 rings (SSSR count). The third-order valence-corrected chi connectivity index (χ3v) is 6.18. The first kappa shape index (κ1) is 11.8. The highest BCUT2D eigenvalue weighted by molar-refractivity contribution is 9.10. The number of aliphatic hydroxyl groups is 1. The van der Waals surface area contributed by atoms with E-state index in [1.54, 1.807) is 11.3 Å². The van der Waals surface area contributed by atoms with E-state index in [1.807, 2.05) is 29.3 Å². The molecule has 0 amide bonds. The van der Waals surface area contributed by atoms with Gasteiger partial charge in [-0.3, -0.25) is 0 Å². The molecule has 2 atom stereocenters. The molecule has 1 N–H and O–H groups in total. The summed E-state index contributed by atoms with van der Waals surface area (Å²) in [5, 5.41) is 12.5. The van der Waals surface area contributed by atoms with Crippen LogP contribution >= 0.6 is 39.0 Å². The molecule has 1 aromatic carbocycles. The van der Waals surface area contributed by atoms with Gasteiger partial charge >= 0.3 is 0 Å². The predicted octanol–water partition coefficient (Wildman–Crippen LogP) is 4.43. The maximum atomic E-state index is 10.5. The predicted molar refractivity (Wildman–Crippen MR) is 76.9 cm³/mol. The molecule has 1 aliphatic heterocycles. The number of thioether (sulfide) groups is 1. The molecular weight excluding hydrogens is 316 g/mol. The first-order valence-corrected chi connectivity index (χ1v) is 8.06. The van der Waals surface area contributed by atoms with Gasteiger partial charge in [-0.15, -0.1) is 23.1 Å². The quantitative estimate of drug-likeness (QED) is 0.880. The first-order chi connectivity index (χ1) is 8.27. The van der Waals surface area contributed by atoms with E-state index in [-0.39, 0.29) is 5.92 Å². The topological polar surface area (TPSA) is 20.2 Å². The lowest BCUT2D eigenvalue weighted by Gasteiger charge is -2.17. The van der Waals surface area contributed by atoms with Crippen molar-refractivity contribution in [3.05, 3.63) is 50.6 Å². The van der Waals surface area contributed by atoms with Crippen molar-refractivity contribution in [2.24, 2.45) is 0 Å². The molecule has 0 bridgehead atoms. The fourth-order valence-corrected chi connectivity index (χ4v) is 5.09. The van der Waals surface area contributed by atoms with Crippen molar-refractivity contribution < 1.29 is 5.11 Å². The standard InChI is InChI=1S/C13H11BrOS2/c14-10-5-6-16-13(10)12(15)9-7-17-11-4-2-1-3-8(9)11/h1-6,9,12,15H,7H2. The highest BCUT2D eigenvalue weighted by Gasteiger charge is 2.31. The van der Waals surface area contributed by atoms with Crippen LogP contribution in [0, 0.1) is 0 Å². The van der Waals surface area contributed by atoms with Crippen LogP contribution in [0.2, 0.25) is 0 Å². The van der Waals surface area contributed by atoms with Gasteiger partial charge < -0.3 is 5.11 Å². The Morgan fingerprint density at radius 1 is 1.29 bits per heavy atom. The highest BCUT2D eigenvalue weighted by Crippen LogP contribution is 2.47. The minimum absolute atomic E-state index is 0.214. The summed E-state index contributed by atoms with van der Waals surface area (Å²) in [7, 11) is 0. The van der Waals surface area contributed by atoms with E-state index in [1.165, 1.54) is 10.5 Å². The summed E-state index contributed by atoms with van der Waals surface area (Å²) >= 11 is 6.95. The number of benzene rings is 1. The van der Waals surface area contributed by atoms with Crippen LogP contribution in [0.3, 0.4) is 0 Å². The molecule has 2 heterocycles.